The Labute approximate surface area is 92.8 Å². The molecule has 0 fully saturated rings. The van der Waals surface area contributed by atoms with E-state index in [9.17, 15) is 4.79 Å². The van der Waals surface area contributed by atoms with Crippen molar-refractivity contribution in [1.82, 2.24) is 0 Å². The molecule has 1 heterocycles. The SMILES string of the molecule is Cc1ccc(C(N)C(=O)O)c2c1COCO2. The molecule has 5 heteroatoms. The molecule has 16 heavy (non-hydrogen) atoms. The Hall–Kier alpha value is -1.59. The molecule has 0 saturated heterocycles. The molecule has 1 unspecified atom stereocenters. The van der Waals surface area contributed by atoms with Crippen LogP contribution in [0.2, 0.25) is 0 Å². The highest BCUT2D eigenvalue weighted by atomic mass is 16.7. The average molecular weight is 223 g/mol. The lowest BCUT2D eigenvalue weighted by molar-refractivity contribution is -0.138. The number of carboxylic acids is 1. The van der Waals surface area contributed by atoms with Crippen molar-refractivity contribution in [2.75, 3.05) is 6.79 Å². The number of nitrogens with two attached hydrogens (primary N) is 1. The summed E-state index contributed by atoms with van der Waals surface area (Å²) in [5.74, 6) is -0.512. The van der Waals surface area contributed by atoms with Crippen LogP contribution in [0.15, 0.2) is 12.1 Å². The van der Waals surface area contributed by atoms with Crippen LogP contribution < -0.4 is 10.5 Å². The molecule has 1 aliphatic rings. The van der Waals surface area contributed by atoms with E-state index in [0.29, 0.717) is 17.9 Å². The molecular formula is C11H13NO4. The van der Waals surface area contributed by atoms with Gasteiger partial charge in [-0.3, -0.25) is 4.79 Å². The number of carbonyl (C=O) groups is 1. The van der Waals surface area contributed by atoms with Crippen LogP contribution in [0.25, 0.3) is 0 Å². The van der Waals surface area contributed by atoms with E-state index in [-0.39, 0.29) is 6.79 Å². The Kier molecular flexibility index (Phi) is 2.80. The summed E-state index contributed by atoms with van der Waals surface area (Å²) in [6, 6.07) is 2.46. The van der Waals surface area contributed by atoms with Crippen molar-refractivity contribution < 1.29 is 19.4 Å². The first kappa shape index (κ1) is 10.9. The van der Waals surface area contributed by atoms with Gasteiger partial charge in [0.2, 0.25) is 0 Å². The summed E-state index contributed by atoms with van der Waals surface area (Å²) in [5, 5.41) is 8.89. The van der Waals surface area contributed by atoms with Gasteiger partial charge in [0.1, 0.15) is 11.8 Å². The summed E-state index contributed by atoms with van der Waals surface area (Å²) < 4.78 is 10.5. The van der Waals surface area contributed by atoms with Crippen molar-refractivity contribution in [3.05, 3.63) is 28.8 Å². The van der Waals surface area contributed by atoms with Crippen molar-refractivity contribution >= 4 is 5.97 Å². The van der Waals surface area contributed by atoms with Gasteiger partial charge in [-0.15, -0.1) is 0 Å². The molecule has 3 N–H and O–H groups in total. The Balaban J connectivity index is 2.50. The van der Waals surface area contributed by atoms with E-state index < -0.39 is 12.0 Å². The van der Waals surface area contributed by atoms with Crippen LogP contribution >= 0.6 is 0 Å². The highest BCUT2D eigenvalue weighted by Crippen LogP contribution is 2.33. The van der Waals surface area contributed by atoms with Crippen LogP contribution in [-0.2, 0) is 16.1 Å². The van der Waals surface area contributed by atoms with Crippen molar-refractivity contribution in [1.29, 1.82) is 0 Å². The molecular weight excluding hydrogens is 210 g/mol. The lowest BCUT2D eigenvalue weighted by Gasteiger charge is -2.23. The summed E-state index contributed by atoms with van der Waals surface area (Å²) in [6.07, 6.45) is 0. The number of hydrogen-bond acceptors (Lipinski definition) is 4. The Bertz CT molecular complexity index is 430. The standard InChI is InChI=1S/C11H13NO4/c1-6-2-3-7(9(12)11(13)14)10-8(6)4-15-5-16-10/h2-3,9H,4-5,12H2,1H3,(H,13,14). The maximum atomic E-state index is 10.9. The van der Waals surface area contributed by atoms with Gasteiger partial charge in [-0.2, -0.15) is 0 Å². The van der Waals surface area contributed by atoms with Gasteiger partial charge in [0, 0.05) is 11.1 Å². The van der Waals surface area contributed by atoms with Gasteiger partial charge in [-0.25, -0.2) is 0 Å². The first-order valence-corrected chi connectivity index (χ1v) is 4.92. The fourth-order valence-corrected chi connectivity index (χ4v) is 1.72. The third kappa shape index (κ3) is 1.75. The Morgan fingerprint density at radius 1 is 1.56 bits per heavy atom. The van der Waals surface area contributed by atoms with E-state index in [0.717, 1.165) is 11.1 Å². The minimum Gasteiger partial charge on any atom is -0.480 e. The van der Waals surface area contributed by atoms with Crippen LogP contribution in [0.3, 0.4) is 0 Å². The average Bonchev–Trinajstić information content (AvgIpc) is 2.29. The summed E-state index contributed by atoms with van der Waals surface area (Å²) in [4.78, 5) is 10.9. The molecule has 0 radical (unpaired) electrons. The first-order chi connectivity index (χ1) is 7.61. The number of aliphatic carboxylic acids is 1. The minimum atomic E-state index is -1.07. The number of rotatable bonds is 2. The van der Waals surface area contributed by atoms with Gasteiger partial charge in [-0.05, 0) is 12.5 Å². The molecule has 0 amide bonds. The quantitative estimate of drug-likeness (QED) is 0.779. The fourth-order valence-electron chi connectivity index (χ4n) is 1.72. The zero-order valence-corrected chi connectivity index (χ0v) is 8.90. The van der Waals surface area contributed by atoms with E-state index in [2.05, 4.69) is 0 Å². The van der Waals surface area contributed by atoms with E-state index in [4.69, 9.17) is 20.3 Å². The van der Waals surface area contributed by atoms with E-state index in [1.807, 2.05) is 13.0 Å². The van der Waals surface area contributed by atoms with Crippen molar-refractivity contribution in [3.63, 3.8) is 0 Å². The molecule has 1 aromatic carbocycles. The van der Waals surface area contributed by atoms with Crippen LogP contribution in [0.5, 0.6) is 5.75 Å². The zero-order valence-electron chi connectivity index (χ0n) is 8.90. The topological polar surface area (TPSA) is 81.8 Å². The highest BCUT2D eigenvalue weighted by molar-refractivity contribution is 5.77. The molecule has 0 aromatic heterocycles. The molecule has 1 aliphatic heterocycles. The third-order valence-electron chi connectivity index (χ3n) is 2.66. The number of fused-ring (bicyclic) bond motifs is 1. The molecule has 0 aliphatic carbocycles. The zero-order chi connectivity index (χ0) is 11.7. The van der Waals surface area contributed by atoms with Crippen LogP contribution in [0, 0.1) is 6.92 Å². The maximum absolute atomic E-state index is 10.9. The molecule has 0 spiro atoms. The number of hydrogen-bond donors (Lipinski definition) is 2. The van der Waals surface area contributed by atoms with Gasteiger partial charge in [0.05, 0.1) is 6.61 Å². The maximum Gasteiger partial charge on any atom is 0.325 e. The Morgan fingerprint density at radius 2 is 2.31 bits per heavy atom. The number of carboxylic acid groups (broad SMARTS) is 1. The summed E-state index contributed by atoms with van der Waals surface area (Å²) in [7, 11) is 0. The highest BCUT2D eigenvalue weighted by Gasteiger charge is 2.24. The van der Waals surface area contributed by atoms with Gasteiger partial charge in [-0.1, -0.05) is 12.1 Å². The smallest absolute Gasteiger partial charge is 0.325 e. The predicted octanol–water partition coefficient (Wildman–Crippen LogP) is 0.946. The second kappa shape index (κ2) is 4.11. The molecule has 1 atom stereocenters. The molecule has 5 nitrogen and oxygen atoms in total. The molecule has 0 bridgehead atoms. The molecule has 2 rings (SSSR count). The molecule has 0 saturated carbocycles. The van der Waals surface area contributed by atoms with Crippen LogP contribution in [-0.4, -0.2) is 17.9 Å². The number of benzene rings is 1. The second-order valence-corrected chi connectivity index (χ2v) is 3.71. The monoisotopic (exact) mass is 223 g/mol. The van der Waals surface area contributed by atoms with Crippen LogP contribution in [0.1, 0.15) is 22.7 Å². The van der Waals surface area contributed by atoms with Crippen LogP contribution in [0.4, 0.5) is 0 Å². The molecule has 1 aromatic rings. The summed E-state index contributed by atoms with van der Waals surface area (Å²) in [5.41, 5.74) is 7.97. The Morgan fingerprint density at radius 3 is 3.00 bits per heavy atom. The van der Waals surface area contributed by atoms with E-state index >= 15 is 0 Å². The minimum absolute atomic E-state index is 0.135. The van der Waals surface area contributed by atoms with Crippen molar-refractivity contribution in [2.24, 2.45) is 5.73 Å². The van der Waals surface area contributed by atoms with E-state index in [1.165, 1.54) is 0 Å². The van der Waals surface area contributed by atoms with Gasteiger partial charge in [0.25, 0.3) is 0 Å². The van der Waals surface area contributed by atoms with E-state index in [1.54, 1.807) is 6.07 Å². The summed E-state index contributed by atoms with van der Waals surface area (Å²) in [6.45, 7) is 2.49. The molecule has 86 valence electrons. The number of aryl methyl sites for hydroxylation is 1. The fraction of sp³-hybridized carbons (Fsp3) is 0.364. The van der Waals surface area contributed by atoms with Gasteiger partial charge < -0.3 is 20.3 Å². The largest absolute Gasteiger partial charge is 0.480 e. The first-order valence-electron chi connectivity index (χ1n) is 4.92. The predicted molar refractivity (Wildman–Crippen MR) is 56.0 cm³/mol. The van der Waals surface area contributed by atoms with Crippen molar-refractivity contribution in [2.45, 2.75) is 19.6 Å². The van der Waals surface area contributed by atoms with Gasteiger partial charge in [0.15, 0.2) is 6.79 Å². The van der Waals surface area contributed by atoms with Crippen molar-refractivity contribution in [3.8, 4) is 5.75 Å². The van der Waals surface area contributed by atoms with Gasteiger partial charge >= 0.3 is 5.97 Å². The third-order valence-corrected chi connectivity index (χ3v) is 2.66. The lowest BCUT2D eigenvalue weighted by Crippen LogP contribution is -2.24. The second-order valence-electron chi connectivity index (χ2n) is 3.71. The normalized spacial score (nSPS) is 16.1. The summed E-state index contributed by atoms with van der Waals surface area (Å²) >= 11 is 0. The number of ether oxygens (including phenoxy) is 2. The lowest BCUT2D eigenvalue weighted by atomic mass is 9.98.